The third-order valence-corrected chi connectivity index (χ3v) is 4.31. The topological polar surface area (TPSA) is 69.7 Å². The molecule has 2 aromatic carbocycles. The molecule has 0 spiro atoms. The van der Waals surface area contributed by atoms with Crippen LogP contribution in [-0.4, -0.2) is 31.2 Å². The van der Waals surface area contributed by atoms with Crippen LogP contribution in [0.5, 0.6) is 16.7 Å². The molecule has 0 aliphatic rings. The molecule has 27 heavy (non-hydrogen) atoms. The first-order chi connectivity index (χ1) is 13.2. The number of rotatable bonds is 9. The summed E-state index contributed by atoms with van der Waals surface area (Å²) in [6.07, 6.45) is 1.70. The normalized spacial score (nSPS) is 10.4. The zero-order valence-corrected chi connectivity index (χ0v) is 15.7. The van der Waals surface area contributed by atoms with E-state index >= 15 is 0 Å². The van der Waals surface area contributed by atoms with Crippen LogP contribution in [0.3, 0.4) is 0 Å². The van der Waals surface area contributed by atoms with Crippen molar-refractivity contribution >= 4 is 17.2 Å². The number of hydrogen-bond donors (Lipinski definition) is 1. The van der Waals surface area contributed by atoms with Gasteiger partial charge in [-0.05, 0) is 42.0 Å². The molecule has 1 amide bonds. The van der Waals surface area contributed by atoms with Gasteiger partial charge < -0.3 is 19.5 Å². The summed E-state index contributed by atoms with van der Waals surface area (Å²) in [5.74, 6) is 1.28. The Labute approximate surface area is 161 Å². The average Bonchev–Trinajstić information content (AvgIpc) is 3.21. The standard InChI is InChI=1S/C20H20N2O4S/c1-24-11-12-25-17-8-4-16(5-9-17)19(23)22-14-15-2-6-18(7-3-15)26-20-21-10-13-27-20/h2-10,13H,11-12,14H2,1H3,(H,22,23). The maximum atomic E-state index is 12.3. The maximum absolute atomic E-state index is 12.3. The fraction of sp³-hybridized carbons (Fsp3) is 0.200. The average molecular weight is 384 g/mol. The second-order valence-corrected chi connectivity index (χ2v) is 6.45. The van der Waals surface area contributed by atoms with E-state index in [2.05, 4.69) is 10.3 Å². The van der Waals surface area contributed by atoms with Crippen LogP contribution >= 0.6 is 11.3 Å². The van der Waals surface area contributed by atoms with Crippen LogP contribution in [0, 0.1) is 0 Å². The van der Waals surface area contributed by atoms with Crippen LogP contribution in [0.2, 0.25) is 0 Å². The number of nitrogens with zero attached hydrogens (tertiary/aromatic N) is 1. The van der Waals surface area contributed by atoms with Gasteiger partial charge in [-0.25, -0.2) is 4.98 Å². The molecule has 0 aliphatic heterocycles. The first-order valence-electron chi connectivity index (χ1n) is 8.41. The van der Waals surface area contributed by atoms with Crippen LogP contribution in [0.25, 0.3) is 0 Å². The summed E-state index contributed by atoms with van der Waals surface area (Å²) >= 11 is 1.43. The quantitative estimate of drug-likeness (QED) is 0.567. The second kappa shape index (κ2) is 9.70. The zero-order valence-electron chi connectivity index (χ0n) is 14.9. The lowest BCUT2D eigenvalue weighted by Crippen LogP contribution is -2.22. The van der Waals surface area contributed by atoms with Crippen LogP contribution in [0.1, 0.15) is 15.9 Å². The fourth-order valence-electron chi connectivity index (χ4n) is 2.27. The number of amides is 1. The van der Waals surface area contributed by atoms with Crippen molar-refractivity contribution in [3.8, 4) is 16.7 Å². The summed E-state index contributed by atoms with van der Waals surface area (Å²) < 4.78 is 16.0. The number of thiazole rings is 1. The SMILES string of the molecule is COCCOc1ccc(C(=O)NCc2ccc(Oc3nccs3)cc2)cc1. The predicted octanol–water partition coefficient (Wildman–Crippen LogP) is 3.89. The Kier molecular flexibility index (Phi) is 6.78. The lowest BCUT2D eigenvalue weighted by molar-refractivity contribution is 0.0951. The number of aromatic nitrogens is 1. The van der Waals surface area contributed by atoms with Gasteiger partial charge in [0.1, 0.15) is 18.1 Å². The third-order valence-electron chi connectivity index (χ3n) is 3.66. The predicted molar refractivity (Wildman–Crippen MR) is 104 cm³/mol. The van der Waals surface area contributed by atoms with Crippen molar-refractivity contribution in [3.05, 3.63) is 71.2 Å². The Hall–Kier alpha value is -2.90. The zero-order chi connectivity index (χ0) is 18.9. The van der Waals surface area contributed by atoms with Gasteiger partial charge in [-0.1, -0.05) is 23.5 Å². The van der Waals surface area contributed by atoms with Crippen LogP contribution in [-0.2, 0) is 11.3 Å². The summed E-state index contributed by atoms with van der Waals surface area (Å²) in [7, 11) is 1.62. The van der Waals surface area contributed by atoms with Crippen LogP contribution in [0.4, 0.5) is 0 Å². The van der Waals surface area contributed by atoms with Gasteiger partial charge in [-0.2, -0.15) is 0 Å². The smallest absolute Gasteiger partial charge is 0.278 e. The number of carbonyl (C=O) groups is 1. The van der Waals surface area contributed by atoms with Gasteiger partial charge in [0, 0.05) is 30.8 Å². The second-order valence-electron chi connectivity index (χ2n) is 5.59. The summed E-state index contributed by atoms with van der Waals surface area (Å²) in [6, 6.07) is 14.6. The molecule has 0 saturated heterocycles. The molecular weight excluding hydrogens is 364 g/mol. The Bertz CT molecular complexity index is 833. The number of methoxy groups -OCH3 is 1. The number of benzene rings is 2. The van der Waals surface area contributed by atoms with Gasteiger partial charge >= 0.3 is 0 Å². The van der Waals surface area contributed by atoms with E-state index < -0.39 is 0 Å². The van der Waals surface area contributed by atoms with Crippen LogP contribution < -0.4 is 14.8 Å². The molecule has 3 rings (SSSR count). The van der Waals surface area contributed by atoms with Crippen molar-refractivity contribution in [1.82, 2.24) is 10.3 Å². The molecule has 1 aromatic heterocycles. The van der Waals surface area contributed by atoms with Crippen molar-refractivity contribution < 1.29 is 19.0 Å². The molecule has 7 heteroatoms. The molecule has 1 N–H and O–H groups in total. The number of nitrogens with one attached hydrogen (secondary N) is 1. The van der Waals surface area contributed by atoms with Crippen molar-refractivity contribution in [2.24, 2.45) is 0 Å². The van der Waals surface area contributed by atoms with Gasteiger partial charge in [0.05, 0.1) is 6.61 Å². The Balaban J connectivity index is 1.48. The van der Waals surface area contributed by atoms with E-state index in [9.17, 15) is 4.79 Å². The van der Waals surface area contributed by atoms with Crippen molar-refractivity contribution in [3.63, 3.8) is 0 Å². The Morgan fingerprint density at radius 3 is 2.44 bits per heavy atom. The van der Waals surface area contributed by atoms with E-state index in [1.165, 1.54) is 11.3 Å². The highest BCUT2D eigenvalue weighted by Crippen LogP contribution is 2.23. The molecule has 0 saturated carbocycles. The van der Waals surface area contributed by atoms with Gasteiger partial charge in [0.2, 0.25) is 0 Å². The molecule has 0 fully saturated rings. The number of hydrogen-bond acceptors (Lipinski definition) is 6. The maximum Gasteiger partial charge on any atom is 0.278 e. The van der Waals surface area contributed by atoms with Gasteiger partial charge in [0.25, 0.3) is 11.1 Å². The fourth-order valence-corrected chi connectivity index (χ4v) is 2.77. The van der Waals surface area contributed by atoms with E-state index in [0.29, 0.717) is 42.0 Å². The molecule has 6 nitrogen and oxygen atoms in total. The van der Waals surface area contributed by atoms with Crippen molar-refractivity contribution in [2.45, 2.75) is 6.54 Å². The van der Waals surface area contributed by atoms with Gasteiger partial charge in [-0.15, -0.1) is 0 Å². The highest BCUT2D eigenvalue weighted by Gasteiger charge is 2.06. The van der Waals surface area contributed by atoms with Crippen LogP contribution in [0.15, 0.2) is 60.1 Å². The lowest BCUT2D eigenvalue weighted by Gasteiger charge is -2.08. The minimum absolute atomic E-state index is 0.137. The minimum atomic E-state index is -0.137. The summed E-state index contributed by atoms with van der Waals surface area (Å²) in [5.41, 5.74) is 1.56. The summed E-state index contributed by atoms with van der Waals surface area (Å²) in [4.78, 5) is 16.3. The van der Waals surface area contributed by atoms with Gasteiger partial charge in [0.15, 0.2) is 0 Å². The molecule has 0 unspecified atom stereocenters. The first kappa shape index (κ1) is 18.9. The molecule has 0 atom stereocenters. The minimum Gasteiger partial charge on any atom is -0.491 e. The van der Waals surface area contributed by atoms with E-state index in [0.717, 1.165) is 5.56 Å². The molecular formula is C20H20N2O4S. The summed E-state index contributed by atoms with van der Waals surface area (Å²) in [5, 5.41) is 5.36. The number of ether oxygens (including phenoxy) is 3. The van der Waals surface area contributed by atoms with E-state index in [-0.39, 0.29) is 5.91 Å². The molecule has 140 valence electrons. The largest absolute Gasteiger partial charge is 0.491 e. The third kappa shape index (κ3) is 5.80. The van der Waals surface area contributed by atoms with Crippen molar-refractivity contribution in [2.75, 3.05) is 20.3 Å². The van der Waals surface area contributed by atoms with Gasteiger partial charge in [-0.3, -0.25) is 4.79 Å². The monoisotopic (exact) mass is 384 g/mol. The Morgan fingerprint density at radius 2 is 1.78 bits per heavy atom. The highest BCUT2D eigenvalue weighted by molar-refractivity contribution is 7.11. The Morgan fingerprint density at radius 1 is 1.04 bits per heavy atom. The van der Waals surface area contributed by atoms with E-state index in [1.807, 2.05) is 29.6 Å². The molecule has 0 radical (unpaired) electrons. The molecule has 1 heterocycles. The highest BCUT2D eigenvalue weighted by atomic mass is 32.1. The molecule has 0 aliphatic carbocycles. The summed E-state index contributed by atoms with van der Waals surface area (Å²) in [6.45, 7) is 1.43. The molecule has 3 aromatic rings. The first-order valence-corrected chi connectivity index (χ1v) is 9.29. The lowest BCUT2D eigenvalue weighted by atomic mass is 10.2. The van der Waals surface area contributed by atoms with E-state index in [4.69, 9.17) is 14.2 Å². The van der Waals surface area contributed by atoms with E-state index in [1.54, 1.807) is 37.6 Å². The number of carbonyl (C=O) groups excluding carboxylic acids is 1. The molecule has 0 bridgehead atoms. The van der Waals surface area contributed by atoms with Crippen molar-refractivity contribution in [1.29, 1.82) is 0 Å².